The lowest BCUT2D eigenvalue weighted by molar-refractivity contribution is -0.138. The molecule has 168 valence electrons. The Hall–Kier alpha value is -1.91. The summed E-state index contributed by atoms with van der Waals surface area (Å²) in [5.41, 5.74) is 0. The number of rotatable bonds is 6. The molecule has 0 saturated carbocycles. The zero-order chi connectivity index (χ0) is 21.9. The van der Waals surface area contributed by atoms with Gasteiger partial charge in [-0.05, 0) is 58.8 Å². The Kier molecular flexibility index (Phi) is 7.20. The number of sulfonamides is 1. The molecule has 0 aromatic carbocycles. The summed E-state index contributed by atoms with van der Waals surface area (Å²) in [5.74, 6) is -0.853. The van der Waals surface area contributed by atoms with Crippen LogP contribution >= 0.6 is 0 Å². The molecule has 1 amide bonds. The van der Waals surface area contributed by atoms with Crippen LogP contribution in [0.3, 0.4) is 0 Å². The van der Waals surface area contributed by atoms with E-state index in [2.05, 4.69) is 19.0 Å². The molecular formula is C20H31N3O6S. The van der Waals surface area contributed by atoms with Gasteiger partial charge in [-0.1, -0.05) is 0 Å². The van der Waals surface area contributed by atoms with Crippen molar-refractivity contribution in [2.75, 3.05) is 46.9 Å². The highest BCUT2D eigenvalue weighted by atomic mass is 32.2. The van der Waals surface area contributed by atoms with Gasteiger partial charge in [-0.2, -0.15) is 4.31 Å². The average molecular weight is 442 g/mol. The predicted octanol–water partition coefficient (Wildman–Crippen LogP) is 1.41. The Morgan fingerprint density at radius 2 is 1.73 bits per heavy atom. The van der Waals surface area contributed by atoms with Crippen LogP contribution in [0.25, 0.3) is 0 Å². The van der Waals surface area contributed by atoms with Crippen LogP contribution < -0.4 is 0 Å². The number of ether oxygens (including phenoxy) is 1. The molecule has 10 heteroatoms. The van der Waals surface area contributed by atoms with E-state index < -0.39 is 16.0 Å². The summed E-state index contributed by atoms with van der Waals surface area (Å²) in [7, 11) is 0.273. The smallest absolute Gasteiger partial charge is 0.374 e. The Labute approximate surface area is 178 Å². The molecule has 3 heterocycles. The van der Waals surface area contributed by atoms with Crippen molar-refractivity contribution >= 4 is 21.9 Å². The minimum atomic E-state index is -3.85. The lowest BCUT2D eigenvalue weighted by atomic mass is 9.94. The fraction of sp³-hybridized carbons (Fsp3) is 0.700. The fourth-order valence-electron chi connectivity index (χ4n) is 4.10. The number of hydrogen-bond acceptors (Lipinski definition) is 7. The molecule has 1 aromatic rings. The largest absolute Gasteiger partial charge is 0.460 e. The average Bonchev–Trinajstić information content (AvgIpc) is 3.25. The second kappa shape index (κ2) is 9.49. The van der Waals surface area contributed by atoms with Crippen LogP contribution in [0.2, 0.25) is 0 Å². The third-order valence-corrected chi connectivity index (χ3v) is 7.73. The molecule has 3 rings (SSSR count). The highest BCUT2D eigenvalue weighted by molar-refractivity contribution is 7.89. The standard InChI is InChI=1S/C20H31N3O6S/c1-4-28-20(25)17-5-6-18(29-17)30(26,27)23-13-7-15(8-14-23)19(24)22-11-9-16(10-12-22)21(2)3/h5-6,15-16H,4,7-14H2,1-3H3. The highest BCUT2D eigenvalue weighted by Gasteiger charge is 2.36. The molecule has 0 unspecified atom stereocenters. The van der Waals surface area contributed by atoms with Gasteiger partial charge in [-0.3, -0.25) is 4.79 Å². The molecule has 9 nitrogen and oxygen atoms in total. The molecule has 2 aliphatic rings. The molecule has 2 aliphatic heterocycles. The van der Waals surface area contributed by atoms with Gasteiger partial charge in [-0.25, -0.2) is 13.2 Å². The molecule has 0 N–H and O–H groups in total. The van der Waals surface area contributed by atoms with Gasteiger partial charge >= 0.3 is 5.97 Å². The second-order valence-corrected chi connectivity index (χ2v) is 9.91. The van der Waals surface area contributed by atoms with Crippen LogP contribution in [-0.4, -0.2) is 87.3 Å². The number of hydrogen-bond donors (Lipinski definition) is 0. The summed E-state index contributed by atoms with van der Waals surface area (Å²) in [6.45, 7) is 3.85. The van der Waals surface area contributed by atoms with E-state index in [0.29, 0.717) is 18.9 Å². The van der Waals surface area contributed by atoms with Crippen LogP contribution in [0.1, 0.15) is 43.2 Å². The van der Waals surface area contributed by atoms with E-state index in [1.54, 1.807) is 6.92 Å². The summed E-state index contributed by atoms with van der Waals surface area (Å²) in [4.78, 5) is 28.7. The molecule has 0 aliphatic carbocycles. The maximum Gasteiger partial charge on any atom is 0.374 e. The van der Waals surface area contributed by atoms with Crippen molar-refractivity contribution in [1.82, 2.24) is 14.1 Å². The maximum absolute atomic E-state index is 12.9. The van der Waals surface area contributed by atoms with Gasteiger partial charge in [0.15, 0.2) is 0 Å². The third kappa shape index (κ3) is 4.87. The van der Waals surface area contributed by atoms with Crippen molar-refractivity contribution in [3.05, 3.63) is 17.9 Å². The Morgan fingerprint density at radius 1 is 1.10 bits per heavy atom. The van der Waals surface area contributed by atoms with Gasteiger partial charge in [0.05, 0.1) is 6.61 Å². The van der Waals surface area contributed by atoms with E-state index >= 15 is 0 Å². The van der Waals surface area contributed by atoms with Crippen molar-refractivity contribution in [2.45, 2.75) is 43.7 Å². The van der Waals surface area contributed by atoms with Crippen LogP contribution in [0.5, 0.6) is 0 Å². The summed E-state index contributed by atoms with van der Waals surface area (Å²) < 4.78 is 37.1. The van der Waals surface area contributed by atoms with Gasteiger partial charge < -0.3 is 19.0 Å². The Balaban J connectivity index is 1.56. The minimum Gasteiger partial charge on any atom is -0.460 e. The molecule has 30 heavy (non-hydrogen) atoms. The number of amides is 1. The monoisotopic (exact) mass is 441 g/mol. The van der Waals surface area contributed by atoms with Crippen molar-refractivity contribution in [3.63, 3.8) is 0 Å². The van der Waals surface area contributed by atoms with E-state index in [4.69, 9.17) is 9.15 Å². The summed E-state index contributed by atoms with van der Waals surface area (Å²) in [6, 6.07) is 3.08. The lowest BCUT2D eigenvalue weighted by Crippen LogP contribution is -2.48. The molecule has 0 radical (unpaired) electrons. The number of piperidine rings is 2. The first-order valence-electron chi connectivity index (χ1n) is 10.5. The quantitative estimate of drug-likeness (QED) is 0.615. The van der Waals surface area contributed by atoms with Crippen LogP contribution in [0, 0.1) is 5.92 Å². The topological polar surface area (TPSA) is 100 Å². The minimum absolute atomic E-state index is 0.131. The van der Waals surface area contributed by atoms with Crippen LogP contribution in [0.4, 0.5) is 0 Å². The third-order valence-electron chi connectivity index (χ3n) is 5.96. The van der Waals surface area contributed by atoms with Crippen molar-refractivity contribution in [3.8, 4) is 0 Å². The normalized spacial score (nSPS) is 19.9. The lowest BCUT2D eigenvalue weighted by Gasteiger charge is -2.38. The van der Waals surface area contributed by atoms with Crippen molar-refractivity contribution < 1.29 is 27.2 Å². The van der Waals surface area contributed by atoms with Crippen LogP contribution in [-0.2, 0) is 19.6 Å². The SMILES string of the molecule is CCOC(=O)c1ccc(S(=O)(=O)N2CCC(C(=O)N3CCC(N(C)C)CC3)CC2)o1. The number of esters is 1. The van der Waals surface area contributed by atoms with E-state index in [1.165, 1.54) is 16.4 Å². The van der Waals surface area contributed by atoms with Gasteiger partial charge in [0.2, 0.25) is 16.8 Å². The second-order valence-electron chi connectivity index (χ2n) is 8.04. The molecule has 0 spiro atoms. The van der Waals surface area contributed by atoms with Gasteiger partial charge in [0.1, 0.15) is 0 Å². The molecule has 2 saturated heterocycles. The first-order chi connectivity index (χ1) is 14.2. The molecule has 0 bridgehead atoms. The number of nitrogens with zero attached hydrogens (tertiary/aromatic N) is 3. The molecular weight excluding hydrogens is 410 g/mol. The number of furan rings is 1. The summed E-state index contributed by atoms with van der Waals surface area (Å²) in [6.07, 6.45) is 2.90. The van der Waals surface area contributed by atoms with E-state index in [1.807, 2.05) is 4.90 Å². The first-order valence-corrected chi connectivity index (χ1v) is 11.9. The molecule has 2 fully saturated rings. The number of carbonyl (C=O) groups is 2. The predicted molar refractivity (Wildman–Crippen MR) is 109 cm³/mol. The van der Waals surface area contributed by atoms with Crippen molar-refractivity contribution in [2.24, 2.45) is 5.92 Å². The van der Waals surface area contributed by atoms with Crippen LogP contribution in [0.15, 0.2) is 21.6 Å². The maximum atomic E-state index is 12.9. The van der Waals surface area contributed by atoms with Gasteiger partial charge in [0, 0.05) is 38.1 Å². The van der Waals surface area contributed by atoms with Crippen molar-refractivity contribution in [1.29, 1.82) is 0 Å². The first kappa shape index (κ1) is 22.8. The zero-order valence-electron chi connectivity index (χ0n) is 17.9. The highest BCUT2D eigenvalue weighted by Crippen LogP contribution is 2.27. The molecule has 1 aromatic heterocycles. The fourth-order valence-corrected chi connectivity index (χ4v) is 5.48. The number of carbonyl (C=O) groups excluding carboxylic acids is 2. The molecule has 0 atom stereocenters. The summed E-state index contributed by atoms with van der Waals surface area (Å²) >= 11 is 0. The van der Waals surface area contributed by atoms with E-state index in [-0.39, 0.29) is 42.4 Å². The van der Waals surface area contributed by atoms with Gasteiger partial charge in [0.25, 0.3) is 10.0 Å². The van der Waals surface area contributed by atoms with Gasteiger partial charge in [-0.15, -0.1) is 0 Å². The van der Waals surface area contributed by atoms with E-state index in [9.17, 15) is 18.0 Å². The Bertz CT molecular complexity index is 850. The van der Waals surface area contributed by atoms with E-state index in [0.717, 1.165) is 25.9 Å². The zero-order valence-corrected chi connectivity index (χ0v) is 18.7. The summed E-state index contributed by atoms with van der Waals surface area (Å²) in [5, 5.41) is -0.277. The Morgan fingerprint density at radius 3 is 2.30 bits per heavy atom. The number of likely N-dealkylation sites (tertiary alicyclic amines) is 1.